The normalized spacial score (nSPS) is 30.9. The Kier molecular flexibility index (Phi) is 9.93. The number of methoxy groups -OCH3 is 1. The molecule has 2 aliphatic carbocycles. The molecule has 15 nitrogen and oxygen atoms in total. The number of hydrogen-bond acceptors (Lipinski definition) is 10. The zero-order valence-electron chi connectivity index (χ0n) is 28.3. The van der Waals surface area contributed by atoms with E-state index in [1.807, 2.05) is 26.0 Å². The van der Waals surface area contributed by atoms with Crippen molar-refractivity contribution in [1.82, 2.24) is 30.5 Å². The minimum atomic E-state index is -3.90. The van der Waals surface area contributed by atoms with Crippen LogP contribution in [0.1, 0.15) is 65.2 Å². The summed E-state index contributed by atoms with van der Waals surface area (Å²) in [4.78, 5) is 55.7. The van der Waals surface area contributed by atoms with Gasteiger partial charge < -0.3 is 30.1 Å². The maximum absolute atomic E-state index is 14.4. The van der Waals surface area contributed by atoms with E-state index in [9.17, 15) is 32.7 Å². The Morgan fingerprint density at radius 2 is 1.96 bits per heavy atom. The highest BCUT2D eigenvalue weighted by Gasteiger charge is 2.62. The number of ether oxygens (including phenoxy) is 2. The van der Waals surface area contributed by atoms with Gasteiger partial charge in [-0.05, 0) is 62.5 Å². The fourth-order valence-corrected chi connectivity index (χ4v) is 8.63. The lowest BCUT2D eigenvalue weighted by atomic mass is 9.85. The van der Waals surface area contributed by atoms with E-state index in [0.717, 1.165) is 6.42 Å². The van der Waals surface area contributed by atoms with Gasteiger partial charge in [-0.2, -0.15) is 10.2 Å². The third-order valence-electron chi connectivity index (χ3n) is 10.4. The van der Waals surface area contributed by atoms with E-state index in [2.05, 4.69) is 25.6 Å². The second-order valence-electron chi connectivity index (χ2n) is 14.0. The Hall–Kier alpha value is -4.47. The van der Waals surface area contributed by atoms with Gasteiger partial charge in [-0.1, -0.05) is 32.4 Å². The monoisotopic (exact) mass is 712 g/mol. The Morgan fingerprint density at radius 1 is 1.18 bits per heavy atom. The predicted molar refractivity (Wildman–Crippen MR) is 181 cm³/mol. The lowest BCUT2D eigenvalue weighted by Gasteiger charge is -2.33. The minimum Gasteiger partial charge on any atom is -0.497 e. The number of amides is 4. The number of rotatable bonds is 8. The minimum absolute atomic E-state index is 0.0170. The number of nitrogens with one attached hydrogen (secondary N) is 3. The predicted octanol–water partition coefficient (Wildman–Crippen LogP) is 2.51. The molecule has 0 radical (unpaired) electrons. The maximum Gasteiger partial charge on any atom is 0.405 e. The second-order valence-corrected chi connectivity index (χ2v) is 15.9. The van der Waals surface area contributed by atoms with Crippen molar-refractivity contribution in [2.45, 2.75) is 94.2 Å². The molecule has 2 aliphatic heterocycles. The van der Waals surface area contributed by atoms with Crippen LogP contribution in [0, 0.1) is 17.8 Å². The van der Waals surface area contributed by atoms with Crippen LogP contribution in [-0.4, -0.2) is 95.1 Å². The number of carbonyl (C=O) groups is 4. The summed E-state index contributed by atoms with van der Waals surface area (Å²) >= 11 is 0. The van der Waals surface area contributed by atoms with E-state index in [1.165, 1.54) is 18.2 Å². The van der Waals surface area contributed by atoms with Crippen LogP contribution < -0.4 is 24.8 Å². The van der Waals surface area contributed by atoms with Gasteiger partial charge in [-0.25, -0.2) is 13.2 Å². The number of hydrogen-bond donors (Lipinski definition) is 4. The van der Waals surface area contributed by atoms with Gasteiger partial charge in [-0.15, -0.1) is 0 Å². The van der Waals surface area contributed by atoms with Gasteiger partial charge in [-0.3, -0.25) is 19.1 Å². The highest BCUT2D eigenvalue weighted by Crippen LogP contribution is 2.46. The molecule has 1 saturated heterocycles. The van der Waals surface area contributed by atoms with Gasteiger partial charge in [0, 0.05) is 23.8 Å². The Balaban J connectivity index is 1.34. The van der Waals surface area contributed by atoms with Crippen LogP contribution in [0.5, 0.6) is 11.5 Å². The number of benzene rings is 1. The first-order valence-electron chi connectivity index (χ1n) is 17.2. The van der Waals surface area contributed by atoms with E-state index in [-0.39, 0.29) is 31.2 Å². The molecule has 50 heavy (non-hydrogen) atoms. The van der Waals surface area contributed by atoms with E-state index in [4.69, 9.17) is 9.47 Å². The topological polar surface area (TPSA) is 206 Å². The first-order chi connectivity index (χ1) is 23.8. The molecule has 4 amide bonds. The lowest BCUT2D eigenvalue weighted by molar-refractivity contribution is -0.142. The molecule has 4 aliphatic rings. The van der Waals surface area contributed by atoms with Crippen molar-refractivity contribution < 1.29 is 42.2 Å². The molecule has 3 fully saturated rings. The number of nitrogens with zero attached hydrogens (tertiary/aromatic N) is 3. The maximum atomic E-state index is 14.4. The summed E-state index contributed by atoms with van der Waals surface area (Å²) in [7, 11) is -2.37. The van der Waals surface area contributed by atoms with Crippen molar-refractivity contribution in [3.63, 3.8) is 0 Å². The molecule has 3 heterocycles. The Labute approximate surface area is 290 Å². The number of aromatic nitrogens is 2. The third kappa shape index (κ3) is 7.35. The number of carbonyl (C=O) groups excluding carboxylic acids is 3. The Bertz CT molecular complexity index is 1800. The summed E-state index contributed by atoms with van der Waals surface area (Å²) in [6, 6.07) is 2.92. The van der Waals surface area contributed by atoms with E-state index < -0.39 is 68.7 Å². The van der Waals surface area contributed by atoms with Crippen molar-refractivity contribution >= 4 is 44.7 Å². The zero-order chi connectivity index (χ0) is 35.8. The zero-order valence-corrected chi connectivity index (χ0v) is 29.1. The molecule has 1 aromatic carbocycles. The molecule has 1 aromatic heterocycles. The molecule has 0 spiro atoms. The van der Waals surface area contributed by atoms with Crippen LogP contribution in [0.2, 0.25) is 0 Å². The molecule has 16 heteroatoms. The van der Waals surface area contributed by atoms with Gasteiger partial charge in [0.2, 0.25) is 21.8 Å². The molecule has 270 valence electrons. The van der Waals surface area contributed by atoms with Crippen LogP contribution in [0.4, 0.5) is 4.79 Å². The summed E-state index contributed by atoms with van der Waals surface area (Å²) in [6.07, 6.45) is 6.77. The summed E-state index contributed by atoms with van der Waals surface area (Å²) < 4.78 is 39.4. The SMILES string of the molecule is CC[C@@H]1C[C@H](C)CC/C=C\C2CC2(C(=O)NS(=O)(=O)C2CC2)NC(=O)[C@@H]2C[C@@H](Oc3cnnc4cc(OC)ccc34)CN2C(=O)[C@H]1NC(=O)O. The van der Waals surface area contributed by atoms with Crippen LogP contribution in [0.3, 0.4) is 0 Å². The van der Waals surface area contributed by atoms with E-state index in [0.29, 0.717) is 54.5 Å². The average Bonchev–Trinajstić information content (AvgIpc) is 4.01. The molecule has 2 saturated carbocycles. The summed E-state index contributed by atoms with van der Waals surface area (Å²) in [5.74, 6) is -1.77. The van der Waals surface area contributed by atoms with E-state index >= 15 is 0 Å². The van der Waals surface area contributed by atoms with Crippen molar-refractivity contribution in [3.8, 4) is 11.5 Å². The lowest BCUT2D eigenvalue weighted by Crippen LogP contribution is -2.59. The standard InChI is InChI=1S/C34H44N6O9S/c1-4-20-13-19(2)7-5-6-8-21-16-34(21,32(43)39-50(46,47)24-10-11-24)37-30(41)27-15-23(18-40(27)31(42)29(20)36-33(44)45)49-28-17-35-38-26-14-22(48-3)9-12-25(26)28/h6,8-9,12,14,17,19-21,23-24,27,29,36H,4-5,7,10-11,13,15-16,18H2,1-3H3,(H,37,41)(H,39,43)(H,44,45)/b8-6-/t19-,20-,21?,23-,27+,29+,34?/m1/s1. The Morgan fingerprint density at radius 3 is 2.66 bits per heavy atom. The van der Waals surface area contributed by atoms with Gasteiger partial charge in [0.15, 0.2) is 0 Å². The number of allylic oxidation sites excluding steroid dienone is 1. The van der Waals surface area contributed by atoms with Crippen LogP contribution in [-0.2, 0) is 24.4 Å². The highest BCUT2D eigenvalue weighted by atomic mass is 32.2. The van der Waals surface area contributed by atoms with Gasteiger partial charge >= 0.3 is 6.09 Å². The number of carboxylic acid groups (broad SMARTS) is 1. The first kappa shape index (κ1) is 35.4. The second kappa shape index (κ2) is 14.0. The summed E-state index contributed by atoms with van der Waals surface area (Å²) in [5.41, 5.74) is -1.01. The molecular weight excluding hydrogens is 668 g/mol. The molecule has 6 rings (SSSR count). The van der Waals surface area contributed by atoms with Crippen LogP contribution >= 0.6 is 0 Å². The molecule has 4 N–H and O–H groups in total. The molecular formula is C34H44N6O9S. The summed E-state index contributed by atoms with van der Waals surface area (Å²) in [6.45, 7) is 3.89. The van der Waals surface area contributed by atoms with Crippen LogP contribution in [0.25, 0.3) is 10.9 Å². The smallest absolute Gasteiger partial charge is 0.405 e. The van der Waals surface area contributed by atoms with Crippen LogP contribution in [0.15, 0.2) is 36.5 Å². The fraction of sp³-hybridized carbons (Fsp3) is 0.588. The summed E-state index contributed by atoms with van der Waals surface area (Å²) in [5, 5.41) is 23.3. The largest absolute Gasteiger partial charge is 0.497 e. The van der Waals surface area contributed by atoms with Crippen molar-refractivity contribution in [1.29, 1.82) is 0 Å². The highest BCUT2D eigenvalue weighted by molar-refractivity contribution is 7.91. The quantitative estimate of drug-likeness (QED) is 0.293. The average molecular weight is 713 g/mol. The van der Waals surface area contributed by atoms with E-state index in [1.54, 1.807) is 18.2 Å². The van der Waals surface area contributed by atoms with Gasteiger partial charge in [0.25, 0.3) is 5.91 Å². The van der Waals surface area contributed by atoms with Gasteiger partial charge in [0.1, 0.15) is 40.7 Å². The molecule has 7 atom stereocenters. The number of sulfonamides is 1. The van der Waals surface area contributed by atoms with Crippen molar-refractivity contribution in [2.24, 2.45) is 17.8 Å². The number of fused-ring (bicyclic) bond motifs is 3. The molecule has 2 unspecified atom stereocenters. The molecule has 2 aromatic rings. The van der Waals surface area contributed by atoms with Crippen molar-refractivity contribution in [3.05, 3.63) is 36.5 Å². The third-order valence-corrected chi connectivity index (χ3v) is 12.2. The van der Waals surface area contributed by atoms with Gasteiger partial charge in [0.05, 0.1) is 25.1 Å². The molecule has 0 bridgehead atoms. The fourth-order valence-electron chi connectivity index (χ4n) is 7.27. The van der Waals surface area contributed by atoms with Crippen molar-refractivity contribution in [2.75, 3.05) is 13.7 Å². The first-order valence-corrected chi connectivity index (χ1v) is 18.7.